The van der Waals surface area contributed by atoms with Gasteiger partial charge in [-0.25, -0.2) is 0 Å². The summed E-state index contributed by atoms with van der Waals surface area (Å²) in [6, 6.07) is 12.9. The number of hydrogen-bond acceptors (Lipinski definition) is 8. The fourth-order valence-electron chi connectivity index (χ4n) is 3.76. The predicted octanol–water partition coefficient (Wildman–Crippen LogP) is 3.42. The number of fused-ring (bicyclic) bond motifs is 1. The van der Waals surface area contributed by atoms with Gasteiger partial charge in [-0.1, -0.05) is 0 Å². The molecule has 3 aromatic rings. The van der Waals surface area contributed by atoms with Crippen LogP contribution in [0.5, 0.6) is 28.9 Å². The number of nitrogens with one attached hydrogen (secondary N) is 1. The first-order valence-electron chi connectivity index (χ1n) is 9.86. The van der Waals surface area contributed by atoms with Crippen LogP contribution in [0.3, 0.4) is 0 Å². The highest BCUT2D eigenvalue weighted by molar-refractivity contribution is 5.72. The Hall–Kier alpha value is -4.32. The molecule has 1 aliphatic heterocycles. The first kappa shape index (κ1) is 20.9. The molecular formula is C23H22N4O5. The van der Waals surface area contributed by atoms with E-state index in [4.69, 9.17) is 24.7 Å². The number of phenols is 1. The number of phenolic OH excluding ortho intramolecular Hbond substituents is 1. The molecule has 1 aromatic heterocycles. The maximum atomic E-state index is 10.3. The summed E-state index contributed by atoms with van der Waals surface area (Å²) in [4.78, 5) is 0. The van der Waals surface area contributed by atoms with Crippen molar-refractivity contribution in [1.82, 2.24) is 10.2 Å². The molecule has 4 N–H and O–H groups in total. The van der Waals surface area contributed by atoms with Gasteiger partial charge in [0.1, 0.15) is 17.4 Å². The van der Waals surface area contributed by atoms with E-state index in [1.807, 2.05) is 31.2 Å². The second-order valence-corrected chi connectivity index (χ2v) is 6.97. The Kier molecular flexibility index (Phi) is 5.52. The number of nitriles is 1. The molecule has 0 saturated carbocycles. The normalized spacial score (nSPS) is 14.9. The van der Waals surface area contributed by atoms with Gasteiger partial charge in [-0.3, -0.25) is 5.10 Å². The lowest BCUT2D eigenvalue weighted by atomic mass is 9.82. The maximum Gasteiger partial charge on any atom is 0.244 e. The molecule has 32 heavy (non-hydrogen) atoms. The van der Waals surface area contributed by atoms with Gasteiger partial charge >= 0.3 is 0 Å². The van der Waals surface area contributed by atoms with Crippen molar-refractivity contribution in [3.63, 3.8) is 0 Å². The number of aromatic amines is 1. The minimum atomic E-state index is -0.632. The van der Waals surface area contributed by atoms with Crippen LogP contribution in [0, 0.1) is 11.3 Å². The van der Waals surface area contributed by atoms with Crippen molar-refractivity contribution in [2.75, 3.05) is 20.8 Å². The van der Waals surface area contributed by atoms with E-state index in [2.05, 4.69) is 16.3 Å². The minimum absolute atomic E-state index is 0.0410. The van der Waals surface area contributed by atoms with Gasteiger partial charge in [0.15, 0.2) is 11.5 Å². The maximum absolute atomic E-state index is 10.3. The average Bonchev–Trinajstić information content (AvgIpc) is 3.22. The summed E-state index contributed by atoms with van der Waals surface area (Å²) < 4.78 is 21.8. The highest BCUT2D eigenvalue weighted by Crippen LogP contribution is 2.48. The zero-order valence-electron chi connectivity index (χ0n) is 17.8. The van der Waals surface area contributed by atoms with E-state index in [-0.39, 0.29) is 34.6 Å². The Morgan fingerprint density at radius 1 is 1.19 bits per heavy atom. The highest BCUT2D eigenvalue weighted by atomic mass is 16.5. The van der Waals surface area contributed by atoms with Gasteiger partial charge in [-0.15, -0.1) is 5.10 Å². The van der Waals surface area contributed by atoms with E-state index >= 15 is 0 Å². The number of ether oxygens (including phenoxy) is 4. The summed E-state index contributed by atoms with van der Waals surface area (Å²) >= 11 is 0. The van der Waals surface area contributed by atoms with Crippen LogP contribution in [0.25, 0.3) is 11.3 Å². The Labute approximate surface area is 184 Å². The van der Waals surface area contributed by atoms with E-state index < -0.39 is 5.92 Å². The zero-order valence-corrected chi connectivity index (χ0v) is 17.8. The monoisotopic (exact) mass is 434 g/mol. The molecule has 2 heterocycles. The van der Waals surface area contributed by atoms with Gasteiger partial charge in [0.05, 0.1) is 38.0 Å². The molecule has 0 spiro atoms. The first-order chi connectivity index (χ1) is 15.5. The van der Waals surface area contributed by atoms with Crippen LogP contribution in [-0.2, 0) is 0 Å². The van der Waals surface area contributed by atoms with Gasteiger partial charge in [-0.05, 0) is 48.9 Å². The third-order valence-electron chi connectivity index (χ3n) is 5.23. The number of hydrogen-bond donors (Lipinski definition) is 3. The lowest BCUT2D eigenvalue weighted by Crippen LogP contribution is -2.21. The highest BCUT2D eigenvalue weighted by Gasteiger charge is 2.36. The van der Waals surface area contributed by atoms with E-state index in [1.165, 1.54) is 14.2 Å². The van der Waals surface area contributed by atoms with E-state index in [0.29, 0.717) is 23.4 Å². The van der Waals surface area contributed by atoms with Crippen LogP contribution in [0.1, 0.15) is 24.0 Å². The zero-order chi connectivity index (χ0) is 22.8. The standard InChI is InChI=1S/C23H22N4O5/c1-4-31-14-7-5-12(6-8-14)20-19-18(15(11-24)22(25)32-23(19)27-26-20)13-9-16(29-2)21(28)17(10-13)30-3/h5-10,18,28H,4,25H2,1-3H3,(H,26,27)/t18-/m0/s1. The Balaban J connectivity index is 1.91. The average molecular weight is 434 g/mol. The molecule has 1 atom stereocenters. The summed E-state index contributed by atoms with van der Waals surface area (Å²) in [6.45, 7) is 2.48. The number of methoxy groups -OCH3 is 2. The molecule has 0 bridgehead atoms. The van der Waals surface area contributed by atoms with Crippen molar-refractivity contribution in [2.45, 2.75) is 12.8 Å². The van der Waals surface area contributed by atoms with Crippen molar-refractivity contribution >= 4 is 0 Å². The number of nitrogens with zero attached hydrogens (tertiary/aromatic N) is 2. The molecule has 164 valence electrons. The Bertz CT molecular complexity index is 1200. The molecule has 0 unspecified atom stereocenters. The van der Waals surface area contributed by atoms with Crippen LogP contribution in [0.2, 0.25) is 0 Å². The molecule has 1 aliphatic rings. The first-order valence-corrected chi connectivity index (χ1v) is 9.86. The lowest BCUT2D eigenvalue weighted by Gasteiger charge is -2.25. The van der Waals surface area contributed by atoms with Crippen LogP contribution in [0.4, 0.5) is 0 Å². The molecule has 9 heteroatoms. The number of allylic oxidation sites excluding steroid dienone is 1. The predicted molar refractivity (Wildman–Crippen MR) is 116 cm³/mol. The SMILES string of the molecule is CCOc1ccc(-c2[nH]nc3c2[C@@H](c2cc(OC)c(O)c(OC)c2)C(C#N)=C(N)O3)cc1. The van der Waals surface area contributed by atoms with Crippen molar-refractivity contribution in [2.24, 2.45) is 5.73 Å². The summed E-state index contributed by atoms with van der Waals surface area (Å²) in [5, 5.41) is 27.5. The summed E-state index contributed by atoms with van der Waals surface area (Å²) in [6.07, 6.45) is 0. The van der Waals surface area contributed by atoms with Crippen LogP contribution >= 0.6 is 0 Å². The number of aromatic nitrogens is 2. The minimum Gasteiger partial charge on any atom is -0.502 e. The van der Waals surface area contributed by atoms with E-state index in [9.17, 15) is 10.4 Å². The van der Waals surface area contributed by atoms with Gasteiger partial charge in [-0.2, -0.15) is 5.26 Å². The second-order valence-electron chi connectivity index (χ2n) is 6.97. The molecule has 0 fully saturated rings. The lowest BCUT2D eigenvalue weighted by molar-refractivity contribution is 0.338. The number of nitrogens with two attached hydrogens (primary N) is 1. The fraction of sp³-hybridized carbons (Fsp3) is 0.217. The van der Waals surface area contributed by atoms with Crippen LogP contribution < -0.4 is 24.7 Å². The molecule has 2 aromatic carbocycles. The largest absolute Gasteiger partial charge is 0.502 e. The fourth-order valence-corrected chi connectivity index (χ4v) is 3.76. The van der Waals surface area contributed by atoms with Gasteiger partial charge < -0.3 is 29.8 Å². The molecule has 9 nitrogen and oxygen atoms in total. The quantitative estimate of drug-likeness (QED) is 0.537. The third kappa shape index (κ3) is 3.41. The summed E-state index contributed by atoms with van der Waals surface area (Å²) in [7, 11) is 2.87. The van der Waals surface area contributed by atoms with E-state index in [0.717, 1.165) is 11.3 Å². The smallest absolute Gasteiger partial charge is 0.244 e. The Morgan fingerprint density at radius 2 is 1.84 bits per heavy atom. The Morgan fingerprint density at radius 3 is 2.41 bits per heavy atom. The third-order valence-corrected chi connectivity index (χ3v) is 5.23. The second kappa shape index (κ2) is 8.43. The molecule has 0 amide bonds. The van der Waals surface area contributed by atoms with Crippen molar-refractivity contribution in [3.8, 4) is 46.2 Å². The van der Waals surface area contributed by atoms with Crippen LogP contribution in [-0.4, -0.2) is 36.1 Å². The topological polar surface area (TPSA) is 136 Å². The summed E-state index contributed by atoms with van der Waals surface area (Å²) in [5.74, 6) is 0.603. The molecule has 4 rings (SSSR count). The number of benzene rings is 2. The summed E-state index contributed by atoms with van der Waals surface area (Å²) in [5.41, 5.74) is 9.01. The number of aromatic hydroxyl groups is 1. The molecule has 0 saturated heterocycles. The molecule has 0 radical (unpaired) electrons. The molecule has 0 aliphatic carbocycles. The van der Waals surface area contributed by atoms with Gasteiger partial charge in [0, 0.05) is 5.56 Å². The number of H-pyrrole nitrogens is 1. The van der Waals surface area contributed by atoms with E-state index in [1.54, 1.807) is 12.1 Å². The van der Waals surface area contributed by atoms with Gasteiger partial charge in [0.25, 0.3) is 0 Å². The van der Waals surface area contributed by atoms with Crippen molar-refractivity contribution in [3.05, 3.63) is 59.0 Å². The van der Waals surface area contributed by atoms with Crippen molar-refractivity contribution in [1.29, 1.82) is 5.26 Å². The van der Waals surface area contributed by atoms with Gasteiger partial charge in [0.2, 0.25) is 17.5 Å². The number of rotatable bonds is 6. The van der Waals surface area contributed by atoms with Crippen LogP contribution in [0.15, 0.2) is 47.9 Å². The molecular weight excluding hydrogens is 412 g/mol. The van der Waals surface area contributed by atoms with Crippen molar-refractivity contribution < 1.29 is 24.1 Å².